The van der Waals surface area contributed by atoms with Crippen LogP contribution in [-0.4, -0.2) is 59.4 Å². The third-order valence-corrected chi connectivity index (χ3v) is 6.96. The SMILES string of the molecule is CCCCCCCC(=O)N1CCN(C(=O)C(Cc2ccccc2)NC(=O)Nc2cccc(Cl)c2)CC1C. The van der Waals surface area contributed by atoms with Crippen LogP contribution in [0.15, 0.2) is 54.6 Å². The predicted molar refractivity (Wildman–Crippen MR) is 149 cm³/mol. The van der Waals surface area contributed by atoms with Crippen molar-refractivity contribution in [3.8, 4) is 0 Å². The third-order valence-electron chi connectivity index (χ3n) is 6.72. The summed E-state index contributed by atoms with van der Waals surface area (Å²) in [6, 6.07) is 15.2. The highest BCUT2D eigenvalue weighted by Gasteiger charge is 2.33. The van der Waals surface area contributed by atoms with Crippen LogP contribution in [-0.2, 0) is 16.0 Å². The van der Waals surface area contributed by atoms with Gasteiger partial charge in [-0.25, -0.2) is 4.79 Å². The molecule has 8 heteroatoms. The first-order chi connectivity index (χ1) is 17.9. The summed E-state index contributed by atoms with van der Waals surface area (Å²) in [7, 11) is 0. The number of carbonyl (C=O) groups excluding carboxylic acids is 3. The second-order valence-electron chi connectivity index (χ2n) is 9.74. The summed E-state index contributed by atoms with van der Waals surface area (Å²) in [6.07, 6.45) is 6.48. The van der Waals surface area contributed by atoms with Crippen LogP contribution in [0.25, 0.3) is 0 Å². The third kappa shape index (κ3) is 9.08. The van der Waals surface area contributed by atoms with Crippen molar-refractivity contribution in [1.29, 1.82) is 0 Å². The Labute approximate surface area is 225 Å². The van der Waals surface area contributed by atoms with Gasteiger partial charge in [-0.05, 0) is 37.1 Å². The first-order valence-electron chi connectivity index (χ1n) is 13.3. The number of piperazine rings is 1. The maximum atomic E-state index is 13.6. The molecule has 2 N–H and O–H groups in total. The lowest BCUT2D eigenvalue weighted by Crippen LogP contribution is -2.59. The first-order valence-corrected chi connectivity index (χ1v) is 13.7. The van der Waals surface area contributed by atoms with E-state index in [0.717, 1.165) is 18.4 Å². The van der Waals surface area contributed by atoms with E-state index in [4.69, 9.17) is 11.6 Å². The standard InChI is InChI=1S/C29H39ClN4O3/c1-3-4-5-6-10-16-27(35)34-18-17-33(21-22(34)2)28(36)26(19-23-12-8-7-9-13-23)32-29(37)31-25-15-11-14-24(30)20-25/h7-9,11-15,20,22,26H,3-6,10,16-19,21H2,1-2H3,(H2,31,32,37). The lowest BCUT2D eigenvalue weighted by Gasteiger charge is -2.41. The summed E-state index contributed by atoms with van der Waals surface area (Å²) in [4.78, 5) is 42.8. The number of carbonyl (C=O) groups is 3. The fraction of sp³-hybridized carbons (Fsp3) is 0.483. The fourth-order valence-corrected chi connectivity index (χ4v) is 4.90. The van der Waals surface area contributed by atoms with Gasteiger partial charge in [0.25, 0.3) is 0 Å². The van der Waals surface area contributed by atoms with E-state index in [1.54, 1.807) is 29.2 Å². The van der Waals surface area contributed by atoms with Gasteiger partial charge in [-0.1, -0.05) is 80.6 Å². The van der Waals surface area contributed by atoms with Gasteiger partial charge >= 0.3 is 6.03 Å². The molecule has 0 saturated carbocycles. The highest BCUT2D eigenvalue weighted by molar-refractivity contribution is 6.30. The van der Waals surface area contributed by atoms with Gasteiger partial charge in [0.05, 0.1) is 0 Å². The average molecular weight is 527 g/mol. The number of amides is 4. The van der Waals surface area contributed by atoms with Gasteiger partial charge in [-0.3, -0.25) is 9.59 Å². The number of anilines is 1. The number of urea groups is 1. The molecule has 200 valence electrons. The summed E-state index contributed by atoms with van der Waals surface area (Å²) in [5.41, 5.74) is 1.50. The molecule has 1 fully saturated rings. The van der Waals surface area contributed by atoms with Gasteiger partial charge < -0.3 is 20.4 Å². The van der Waals surface area contributed by atoms with Crippen molar-refractivity contribution < 1.29 is 14.4 Å². The minimum atomic E-state index is -0.741. The normalized spacial score (nSPS) is 16.2. The van der Waals surface area contributed by atoms with E-state index in [1.165, 1.54) is 19.3 Å². The number of benzene rings is 2. The summed E-state index contributed by atoms with van der Waals surface area (Å²) in [5, 5.41) is 6.13. The zero-order valence-electron chi connectivity index (χ0n) is 21.9. The Balaban J connectivity index is 1.61. The Morgan fingerprint density at radius 3 is 2.46 bits per heavy atom. The van der Waals surface area contributed by atoms with Gasteiger partial charge in [-0.15, -0.1) is 0 Å². The van der Waals surface area contributed by atoms with Crippen LogP contribution in [0, 0.1) is 0 Å². The van der Waals surface area contributed by atoms with E-state index in [1.807, 2.05) is 42.2 Å². The van der Waals surface area contributed by atoms with Crippen LogP contribution in [0.5, 0.6) is 0 Å². The van der Waals surface area contributed by atoms with E-state index in [-0.39, 0.29) is 17.9 Å². The van der Waals surface area contributed by atoms with Crippen LogP contribution < -0.4 is 10.6 Å². The second kappa shape index (κ2) is 14.6. The van der Waals surface area contributed by atoms with Crippen LogP contribution in [0.2, 0.25) is 5.02 Å². The van der Waals surface area contributed by atoms with E-state index >= 15 is 0 Å². The van der Waals surface area contributed by atoms with Crippen LogP contribution in [0.1, 0.15) is 57.9 Å². The van der Waals surface area contributed by atoms with Crippen molar-refractivity contribution in [2.45, 2.75) is 70.9 Å². The topological polar surface area (TPSA) is 81.8 Å². The van der Waals surface area contributed by atoms with Gasteiger partial charge in [0.1, 0.15) is 6.04 Å². The molecule has 0 aromatic heterocycles. The molecule has 2 aromatic rings. The maximum Gasteiger partial charge on any atom is 0.319 e. The lowest BCUT2D eigenvalue weighted by atomic mass is 10.0. The molecule has 4 amide bonds. The molecule has 7 nitrogen and oxygen atoms in total. The molecule has 37 heavy (non-hydrogen) atoms. The quantitative estimate of drug-likeness (QED) is 0.380. The average Bonchev–Trinajstić information content (AvgIpc) is 2.88. The zero-order valence-corrected chi connectivity index (χ0v) is 22.7. The van der Waals surface area contributed by atoms with Crippen LogP contribution in [0.3, 0.4) is 0 Å². The number of hydrogen-bond acceptors (Lipinski definition) is 3. The van der Waals surface area contributed by atoms with E-state index in [2.05, 4.69) is 17.6 Å². The molecule has 2 unspecified atom stereocenters. The van der Waals surface area contributed by atoms with Crippen molar-refractivity contribution in [2.75, 3.05) is 25.0 Å². The number of nitrogens with zero attached hydrogens (tertiary/aromatic N) is 2. The highest BCUT2D eigenvalue weighted by atomic mass is 35.5. The van der Waals surface area contributed by atoms with Crippen molar-refractivity contribution in [2.24, 2.45) is 0 Å². The molecule has 0 bridgehead atoms. The van der Waals surface area contributed by atoms with Crippen molar-refractivity contribution in [3.63, 3.8) is 0 Å². The Bertz CT molecular complexity index is 1030. The summed E-state index contributed by atoms with van der Waals surface area (Å²) >= 11 is 6.03. The molecule has 2 aromatic carbocycles. The van der Waals surface area contributed by atoms with Gasteiger partial charge in [-0.2, -0.15) is 0 Å². The molecular weight excluding hydrogens is 488 g/mol. The number of rotatable bonds is 11. The summed E-state index contributed by atoms with van der Waals surface area (Å²) in [5.74, 6) is 0.0135. The summed E-state index contributed by atoms with van der Waals surface area (Å²) < 4.78 is 0. The minimum Gasteiger partial charge on any atom is -0.337 e. The highest BCUT2D eigenvalue weighted by Crippen LogP contribution is 2.17. The number of unbranched alkanes of at least 4 members (excludes halogenated alkanes) is 4. The Kier molecular flexibility index (Phi) is 11.3. The number of hydrogen-bond donors (Lipinski definition) is 2. The smallest absolute Gasteiger partial charge is 0.319 e. The van der Waals surface area contributed by atoms with Gasteiger partial charge in [0.15, 0.2) is 0 Å². The first kappa shape index (κ1) is 28.5. The largest absolute Gasteiger partial charge is 0.337 e. The molecule has 0 aliphatic carbocycles. The van der Waals surface area contributed by atoms with Gasteiger partial charge in [0, 0.05) is 49.2 Å². The fourth-order valence-electron chi connectivity index (χ4n) is 4.71. The second-order valence-corrected chi connectivity index (χ2v) is 10.2. The monoisotopic (exact) mass is 526 g/mol. The summed E-state index contributed by atoms with van der Waals surface area (Å²) in [6.45, 7) is 5.57. The van der Waals surface area contributed by atoms with E-state index < -0.39 is 12.1 Å². The Morgan fingerprint density at radius 1 is 1.00 bits per heavy atom. The van der Waals surface area contributed by atoms with Crippen molar-refractivity contribution in [3.05, 3.63) is 65.2 Å². The predicted octanol–water partition coefficient (Wildman–Crippen LogP) is 5.49. The molecule has 2 atom stereocenters. The molecule has 0 radical (unpaired) electrons. The van der Waals surface area contributed by atoms with E-state index in [0.29, 0.717) is 43.2 Å². The molecule has 1 aliphatic heterocycles. The Hall–Kier alpha value is -3.06. The molecule has 1 aliphatic rings. The molecule has 0 spiro atoms. The maximum absolute atomic E-state index is 13.6. The van der Waals surface area contributed by atoms with Gasteiger partial charge in [0.2, 0.25) is 11.8 Å². The van der Waals surface area contributed by atoms with Crippen LogP contribution in [0.4, 0.5) is 10.5 Å². The zero-order chi connectivity index (χ0) is 26.6. The lowest BCUT2D eigenvalue weighted by molar-refractivity contribution is -0.143. The number of nitrogens with one attached hydrogen (secondary N) is 2. The molecule has 1 saturated heterocycles. The minimum absolute atomic E-state index is 0.0708. The van der Waals surface area contributed by atoms with Crippen LogP contribution >= 0.6 is 11.6 Å². The molecule has 1 heterocycles. The van der Waals surface area contributed by atoms with E-state index in [9.17, 15) is 14.4 Å². The van der Waals surface area contributed by atoms with Crippen molar-refractivity contribution in [1.82, 2.24) is 15.1 Å². The van der Waals surface area contributed by atoms with Crippen molar-refractivity contribution >= 4 is 35.1 Å². The number of halogens is 1. The Morgan fingerprint density at radius 2 is 1.76 bits per heavy atom. The molecular formula is C29H39ClN4O3. The molecule has 3 rings (SSSR count).